The average molecular weight is 351 g/mol. The van der Waals surface area contributed by atoms with Crippen molar-refractivity contribution in [1.29, 1.82) is 0 Å². The summed E-state index contributed by atoms with van der Waals surface area (Å²) in [6, 6.07) is 15.2. The molecule has 0 unspecified atom stereocenters. The van der Waals surface area contributed by atoms with Gasteiger partial charge in [0.1, 0.15) is 6.33 Å². The number of benzene rings is 2. The number of aryl methyl sites for hydroxylation is 1. The molecule has 0 saturated carbocycles. The molecule has 2 heterocycles. The fourth-order valence-electron chi connectivity index (χ4n) is 2.96. The number of sulfonamides is 1. The van der Waals surface area contributed by atoms with Crippen LogP contribution >= 0.6 is 0 Å². The molecule has 0 N–H and O–H groups in total. The molecule has 2 aromatic carbocycles. The first-order valence-corrected chi connectivity index (χ1v) is 9.43. The van der Waals surface area contributed by atoms with Crippen molar-refractivity contribution in [3.63, 3.8) is 0 Å². The standard InChI is InChI=1S/C19H17N3O2S/c1-14-2-4-15(5-3-14)16-6-8-18(9-7-16)25(23,24)22-11-17-10-20-13-21-19(17)12-22/h2-10,13H,11-12H2,1H3. The highest BCUT2D eigenvalue weighted by molar-refractivity contribution is 7.89. The van der Waals surface area contributed by atoms with Crippen molar-refractivity contribution in [3.8, 4) is 11.1 Å². The van der Waals surface area contributed by atoms with E-state index in [0.717, 1.165) is 22.4 Å². The van der Waals surface area contributed by atoms with Crippen LogP contribution in [0, 0.1) is 6.92 Å². The molecule has 0 aliphatic carbocycles. The molecular weight excluding hydrogens is 334 g/mol. The lowest BCUT2D eigenvalue weighted by Crippen LogP contribution is -2.25. The molecule has 1 aliphatic rings. The van der Waals surface area contributed by atoms with Crippen molar-refractivity contribution in [1.82, 2.24) is 14.3 Å². The van der Waals surface area contributed by atoms with Gasteiger partial charge < -0.3 is 0 Å². The molecule has 0 radical (unpaired) electrons. The highest BCUT2D eigenvalue weighted by Crippen LogP contribution is 2.28. The Morgan fingerprint density at radius 2 is 1.56 bits per heavy atom. The highest BCUT2D eigenvalue weighted by Gasteiger charge is 2.31. The van der Waals surface area contributed by atoms with Crippen LogP contribution in [0.15, 0.2) is 66.0 Å². The van der Waals surface area contributed by atoms with Gasteiger partial charge in [0.05, 0.1) is 17.1 Å². The van der Waals surface area contributed by atoms with Crippen LogP contribution in [-0.4, -0.2) is 22.7 Å². The van der Waals surface area contributed by atoms with Crippen LogP contribution in [0.2, 0.25) is 0 Å². The summed E-state index contributed by atoms with van der Waals surface area (Å²) in [5, 5.41) is 0. The number of nitrogens with zero attached hydrogens (tertiary/aromatic N) is 3. The van der Waals surface area contributed by atoms with Gasteiger partial charge in [-0.3, -0.25) is 0 Å². The number of hydrogen-bond acceptors (Lipinski definition) is 4. The van der Waals surface area contributed by atoms with Gasteiger partial charge in [-0.15, -0.1) is 0 Å². The topological polar surface area (TPSA) is 63.2 Å². The molecule has 0 saturated heterocycles. The zero-order valence-electron chi connectivity index (χ0n) is 13.8. The molecule has 126 valence electrons. The van der Waals surface area contributed by atoms with E-state index < -0.39 is 10.0 Å². The second-order valence-corrected chi connectivity index (χ2v) is 8.10. The molecule has 0 amide bonds. The van der Waals surface area contributed by atoms with E-state index >= 15 is 0 Å². The Morgan fingerprint density at radius 1 is 0.920 bits per heavy atom. The molecule has 6 heteroatoms. The average Bonchev–Trinajstić information content (AvgIpc) is 3.08. The van der Waals surface area contributed by atoms with Crippen LogP contribution in [0.3, 0.4) is 0 Å². The van der Waals surface area contributed by atoms with Crippen LogP contribution < -0.4 is 0 Å². The van der Waals surface area contributed by atoms with Crippen molar-refractivity contribution in [3.05, 3.63) is 77.9 Å². The zero-order chi connectivity index (χ0) is 17.4. The second kappa shape index (κ2) is 6.06. The third kappa shape index (κ3) is 2.94. The molecule has 1 aliphatic heterocycles. The summed E-state index contributed by atoms with van der Waals surface area (Å²) in [5.41, 5.74) is 4.89. The maximum Gasteiger partial charge on any atom is 0.243 e. The second-order valence-electron chi connectivity index (χ2n) is 6.16. The monoisotopic (exact) mass is 351 g/mol. The van der Waals surface area contributed by atoms with E-state index in [0.29, 0.717) is 18.0 Å². The lowest BCUT2D eigenvalue weighted by molar-refractivity contribution is 0.429. The summed E-state index contributed by atoms with van der Waals surface area (Å²) in [6.07, 6.45) is 3.13. The van der Waals surface area contributed by atoms with Gasteiger partial charge in [0, 0.05) is 18.3 Å². The minimum absolute atomic E-state index is 0.292. The number of hydrogen-bond donors (Lipinski definition) is 0. The fourth-order valence-corrected chi connectivity index (χ4v) is 4.33. The summed E-state index contributed by atoms with van der Waals surface area (Å²) >= 11 is 0. The lowest BCUT2D eigenvalue weighted by atomic mass is 10.0. The van der Waals surface area contributed by atoms with Crippen LogP contribution in [-0.2, 0) is 23.1 Å². The quantitative estimate of drug-likeness (QED) is 0.727. The molecule has 0 atom stereocenters. The first-order chi connectivity index (χ1) is 12.0. The first-order valence-electron chi connectivity index (χ1n) is 7.99. The van der Waals surface area contributed by atoms with E-state index in [2.05, 4.69) is 9.97 Å². The van der Waals surface area contributed by atoms with Gasteiger partial charge in [0.15, 0.2) is 0 Å². The summed E-state index contributed by atoms with van der Waals surface area (Å²) in [5.74, 6) is 0. The third-order valence-corrected chi connectivity index (χ3v) is 6.24. The van der Waals surface area contributed by atoms with E-state index in [1.54, 1.807) is 18.3 Å². The van der Waals surface area contributed by atoms with Crippen LogP contribution in [0.25, 0.3) is 11.1 Å². The van der Waals surface area contributed by atoms with Crippen molar-refractivity contribution in [2.24, 2.45) is 0 Å². The Bertz CT molecular complexity index is 988. The largest absolute Gasteiger partial charge is 0.244 e. The minimum Gasteiger partial charge on any atom is -0.244 e. The maximum absolute atomic E-state index is 12.9. The molecule has 25 heavy (non-hydrogen) atoms. The highest BCUT2D eigenvalue weighted by atomic mass is 32.2. The van der Waals surface area contributed by atoms with Gasteiger partial charge in [-0.25, -0.2) is 18.4 Å². The van der Waals surface area contributed by atoms with Crippen LogP contribution in [0.1, 0.15) is 16.8 Å². The SMILES string of the molecule is Cc1ccc(-c2ccc(S(=O)(=O)N3Cc4cncnc4C3)cc2)cc1. The molecule has 4 rings (SSSR count). The van der Waals surface area contributed by atoms with Crippen molar-refractivity contribution in [2.45, 2.75) is 24.9 Å². The molecule has 0 spiro atoms. The molecule has 1 aromatic heterocycles. The smallest absolute Gasteiger partial charge is 0.243 e. The normalized spacial score (nSPS) is 14.4. The Labute approximate surface area is 147 Å². The van der Waals surface area contributed by atoms with Crippen molar-refractivity contribution >= 4 is 10.0 Å². The van der Waals surface area contributed by atoms with E-state index in [9.17, 15) is 8.42 Å². The van der Waals surface area contributed by atoms with E-state index in [-0.39, 0.29) is 0 Å². The molecular formula is C19H17N3O2S. The van der Waals surface area contributed by atoms with Gasteiger partial charge in [0.25, 0.3) is 0 Å². The first kappa shape index (κ1) is 15.9. The number of aromatic nitrogens is 2. The fraction of sp³-hybridized carbons (Fsp3) is 0.158. The van der Waals surface area contributed by atoms with Gasteiger partial charge in [-0.05, 0) is 30.2 Å². The summed E-state index contributed by atoms with van der Waals surface area (Å²) in [6.45, 7) is 2.65. The zero-order valence-corrected chi connectivity index (χ0v) is 14.6. The molecule has 0 fully saturated rings. The van der Waals surface area contributed by atoms with Gasteiger partial charge in [-0.2, -0.15) is 4.31 Å². The molecule has 0 bridgehead atoms. The van der Waals surface area contributed by atoms with Gasteiger partial charge in [0.2, 0.25) is 10.0 Å². The number of rotatable bonds is 3. The van der Waals surface area contributed by atoms with Crippen LogP contribution in [0.4, 0.5) is 0 Å². The Kier molecular flexibility index (Phi) is 3.86. The van der Waals surface area contributed by atoms with E-state index in [4.69, 9.17) is 0 Å². The van der Waals surface area contributed by atoms with E-state index in [1.807, 2.05) is 43.3 Å². The summed E-state index contributed by atoms with van der Waals surface area (Å²) < 4.78 is 27.2. The predicted octanol–water partition coefficient (Wildman–Crippen LogP) is 3.16. The number of fused-ring (bicyclic) bond motifs is 1. The summed E-state index contributed by atoms with van der Waals surface area (Å²) in [4.78, 5) is 8.42. The van der Waals surface area contributed by atoms with Crippen molar-refractivity contribution in [2.75, 3.05) is 0 Å². The van der Waals surface area contributed by atoms with E-state index in [1.165, 1.54) is 16.2 Å². The maximum atomic E-state index is 12.9. The third-order valence-electron chi connectivity index (χ3n) is 4.43. The van der Waals surface area contributed by atoms with Crippen molar-refractivity contribution < 1.29 is 8.42 Å². The van der Waals surface area contributed by atoms with Gasteiger partial charge >= 0.3 is 0 Å². The Morgan fingerprint density at radius 3 is 2.20 bits per heavy atom. The molecule has 3 aromatic rings. The molecule has 5 nitrogen and oxygen atoms in total. The lowest BCUT2D eigenvalue weighted by Gasteiger charge is -2.15. The Hall–Kier alpha value is -2.57. The van der Waals surface area contributed by atoms with Crippen LogP contribution in [0.5, 0.6) is 0 Å². The minimum atomic E-state index is -3.55. The Balaban J connectivity index is 1.60. The van der Waals surface area contributed by atoms with Gasteiger partial charge in [-0.1, -0.05) is 42.0 Å². The predicted molar refractivity (Wildman–Crippen MR) is 95.1 cm³/mol. The summed E-state index contributed by atoms with van der Waals surface area (Å²) in [7, 11) is -3.55.